The molecular weight excluding hydrogens is 232 g/mol. The van der Waals surface area contributed by atoms with E-state index in [-0.39, 0.29) is 6.10 Å². The summed E-state index contributed by atoms with van der Waals surface area (Å²) >= 11 is 0. The molecule has 0 aromatic heterocycles. The van der Waals surface area contributed by atoms with Crippen molar-refractivity contribution in [3.05, 3.63) is 48.0 Å². The first kappa shape index (κ1) is 12.7. The average Bonchev–Trinajstić information content (AvgIpc) is 2.86. The van der Waals surface area contributed by atoms with E-state index < -0.39 is 0 Å². The van der Waals surface area contributed by atoms with E-state index >= 15 is 0 Å². The molecule has 0 bridgehead atoms. The molecule has 1 aliphatic rings. The normalized spacial score (nSPS) is 24.7. The van der Waals surface area contributed by atoms with Gasteiger partial charge in [0.15, 0.2) is 0 Å². The quantitative estimate of drug-likeness (QED) is 0.871. The summed E-state index contributed by atoms with van der Waals surface area (Å²) in [6, 6.07) is 14.9. The molecule has 100 valence electrons. The van der Waals surface area contributed by atoms with Crippen LogP contribution in [-0.4, -0.2) is 11.2 Å². The van der Waals surface area contributed by atoms with Crippen LogP contribution < -0.4 is 0 Å². The minimum atomic E-state index is -0.184. The number of hydrogen-bond acceptors (Lipinski definition) is 1. The standard InChI is InChI=1S/C18H22O/c1-13-9-10-16(11-13)18(19)12-15-7-4-6-14-5-2-3-8-17(14)15/h2-8,13,16,18-19H,9-12H2,1H3. The lowest BCUT2D eigenvalue weighted by Crippen LogP contribution is -2.20. The molecule has 2 aromatic rings. The van der Waals surface area contributed by atoms with E-state index in [4.69, 9.17) is 0 Å². The summed E-state index contributed by atoms with van der Waals surface area (Å²) in [7, 11) is 0. The average molecular weight is 254 g/mol. The minimum Gasteiger partial charge on any atom is -0.392 e. The summed E-state index contributed by atoms with van der Waals surface area (Å²) in [4.78, 5) is 0. The Morgan fingerprint density at radius 1 is 1.11 bits per heavy atom. The van der Waals surface area contributed by atoms with Crippen LogP contribution in [-0.2, 0) is 6.42 Å². The van der Waals surface area contributed by atoms with Crippen LogP contribution in [0.25, 0.3) is 10.8 Å². The highest BCUT2D eigenvalue weighted by atomic mass is 16.3. The van der Waals surface area contributed by atoms with Gasteiger partial charge in [0.25, 0.3) is 0 Å². The highest BCUT2D eigenvalue weighted by molar-refractivity contribution is 5.85. The number of benzene rings is 2. The van der Waals surface area contributed by atoms with Gasteiger partial charge in [-0.1, -0.05) is 55.8 Å². The number of hydrogen-bond donors (Lipinski definition) is 1. The van der Waals surface area contributed by atoms with Crippen LogP contribution >= 0.6 is 0 Å². The fourth-order valence-corrected chi connectivity index (χ4v) is 3.46. The minimum absolute atomic E-state index is 0.184. The first-order valence-electron chi connectivity index (χ1n) is 7.39. The summed E-state index contributed by atoms with van der Waals surface area (Å²) < 4.78 is 0. The monoisotopic (exact) mass is 254 g/mol. The first-order chi connectivity index (χ1) is 9.24. The fraction of sp³-hybridized carbons (Fsp3) is 0.444. The van der Waals surface area contributed by atoms with Gasteiger partial charge in [-0.05, 0) is 47.4 Å². The van der Waals surface area contributed by atoms with Gasteiger partial charge in [0, 0.05) is 0 Å². The Morgan fingerprint density at radius 2 is 1.89 bits per heavy atom. The van der Waals surface area contributed by atoms with E-state index in [1.54, 1.807) is 0 Å². The molecule has 1 N–H and O–H groups in total. The predicted molar refractivity (Wildman–Crippen MR) is 80.2 cm³/mol. The molecule has 0 saturated heterocycles. The molecule has 19 heavy (non-hydrogen) atoms. The lowest BCUT2D eigenvalue weighted by Gasteiger charge is -2.19. The Morgan fingerprint density at radius 3 is 2.68 bits per heavy atom. The van der Waals surface area contributed by atoms with Crippen LogP contribution in [0.4, 0.5) is 0 Å². The van der Waals surface area contributed by atoms with Gasteiger partial charge in [-0.25, -0.2) is 0 Å². The summed E-state index contributed by atoms with van der Waals surface area (Å²) in [6.45, 7) is 2.30. The Balaban J connectivity index is 1.81. The third-order valence-corrected chi connectivity index (χ3v) is 4.59. The molecule has 0 spiro atoms. The van der Waals surface area contributed by atoms with Crippen LogP contribution in [0.15, 0.2) is 42.5 Å². The number of aliphatic hydroxyl groups excluding tert-OH is 1. The molecule has 3 atom stereocenters. The Hall–Kier alpha value is -1.34. The second kappa shape index (κ2) is 5.34. The van der Waals surface area contributed by atoms with E-state index in [2.05, 4.69) is 49.4 Å². The molecule has 0 radical (unpaired) electrons. The van der Waals surface area contributed by atoms with Crippen molar-refractivity contribution < 1.29 is 5.11 Å². The smallest absolute Gasteiger partial charge is 0.0609 e. The molecule has 0 heterocycles. The zero-order chi connectivity index (χ0) is 13.2. The maximum absolute atomic E-state index is 10.5. The van der Waals surface area contributed by atoms with E-state index in [9.17, 15) is 5.11 Å². The molecule has 0 amide bonds. The molecule has 3 unspecified atom stereocenters. The zero-order valence-electron chi connectivity index (χ0n) is 11.5. The van der Waals surface area contributed by atoms with Crippen LogP contribution in [0.5, 0.6) is 0 Å². The molecule has 3 rings (SSSR count). The summed E-state index contributed by atoms with van der Waals surface area (Å²) in [5.74, 6) is 1.28. The third kappa shape index (κ3) is 2.66. The van der Waals surface area contributed by atoms with Gasteiger partial charge in [-0.15, -0.1) is 0 Å². The molecule has 1 heteroatoms. The number of aliphatic hydroxyl groups is 1. The molecule has 1 saturated carbocycles. The van der Waals surface area contributed by atoms with E-state index in [0.717, 1.165) is 12.3 Å². The van der Waals surface area contributed by atoms with Crippen LogP contribution in [0.1, 0.15) is 31.7 Å². The van der Waals surface area contributed by atoms with E-state index in [1.807, 2.05) is 0 Å². The zero-order valence-corrected chi connectivity index (χ0v) is 11.5. The Labute approximate surface area is 115 Å². The van der Waals surface area contributed by atoms with Crippen molar-refractivity contribution in [2.45, 2.75) is 38.7 Å². The SMILES string of the molecule is CC1CCC(C(O)Cc2cccc3ccccc23)C1. The molecule has 1 nitrogen and oxygen atoms in total. The van der Waals surface area contributed by atoms with Gasteiger partial charge < -0.3 is 5.11 Å². The van der Waals surface area contributed by atoms with Crippen LogP contribution in [0.2, 0.25) is 0 Å². The lowest BCUT2D eigenvalue weighted by atomic mass is 9.92. The fourth-order valence-electron chi connectivity index (χ4n) is 3.46. The molecule has 2 aromatic carbocycles. The van der Waals surface area contributed by atoms with E-state index in [0.29, 0.717) is 5.92 Å². The van der Waals surface area contributed by atoms with Crippen molar-refractivity contribution in [2.24, 2.45) is 11.8 Å². The maximum Gasteiger partial charge on any atom is 0.0609 e. The highest BCUT2D eigenvalue weighted by Gasteiger charge is 2.27. The summed E-state index contributed by atoms with van der Waals surface area (Å²) in [5.41, 5.74) is 1.28. The third-order valence-electron chi connectivity index (χ3n) is 4.59. The largest absolute Gasteiger partial charge is 0.392 e. The van der Waals surface area contributed by atoms with Gasteiger partial charge >= 0.3 is 0 Å². The first-order valence-corrected chi connectivity index (χ1v) is 7.39. The van der Waals surface area contributed by atoms with Crippen molar-refractivity contribution in [3.63, 3.8) is 0 Å². The Kier molecular flexibility index (Phi) is 3.56. The number of fused-ring (bicyclic) bond motifs is 1. The maximum atomic E-state index is 10.5. The number of rotatable bonds is 3. The van der Waals surface area contributed by atoms with Crippen molar-refractivity contribution in [1.29, 1.82) is 0 Å². The molecule has 1 aliphatic carbocycles. The van der Waals surface area contributed by atoms with Crippen molar-refractivity contribution in [3.8, 4) is 0 Å². The lowest BCUT2D eigenvalue weighted by molar-refractivity contribution is 0.109. The summed E-state index contributed by atoms with van der Waals surface area (Å²) in [5, 5.41) is 13.0. The van der Waals surface area contributed by atoms with Gasteiger partial charge in [-0.3, -0.25) is 0 Å². The van der Waals surface area contributed by atoms with Crippen LogP contribution in [0, 0.1) is 11.8 Å². The van der Waals surface area contributed by atoms with Gasteiger partial charge in [0.05, 0.1) is 6.10 Å². The second-order valence-electron chi connectivity index (χ2n) is 6.09. The second-order valence-corrected chi connectivity index (χ2v) is 6.09. The van der Waals surface area contributed by atoms with Gasteiger partial charge in [0.2, 0.25) is 0 Å². The molecular formula is C18H22O. The van der Waals surface area contributed by atoms with Crippen molar-refractivity contribution in [1.82, 2.24) is 0 Å². The Bertz CT molecular complexity index is 555. The van der Waals surface area contributed by atoms with Crippen LogP contribution in [0.3, 0.4) is 0 Å². The van der Waals surface area contributed by atoms with Crippen molar-refractivity contribution >= 4 is 10.8 Å². The van der Waals surface area contributed by atoms with E-state index in [1.165, 1.54) is 35.6 Å². The predicted octanol–water partition coefficient (Wildman–Crippen LogP) is 4.18. The highest BCUT2D eigenvalue weighted by Crippen LogP contribution is 2.34. The van der Waals surface area contributed by atoms with Crippen molar-refractivity contribution in [2.75, 3.05) is 0 Å². The van der Waals surface area contributed by atoms with Gasteiger partial charge in [-0.2, -0.15) is 0 Å². The van der Waals surface area contributed by atoms with Gasteiger partial charge in [0.1, 0.15) is 0 Å². The summed E-state index contributed by atoms with van der Waals surface area (Å²) in [6.07, 6.45) is 4.26. The molecule has 0 aliphatic heterocycles. The topological polar surface area (TPSA) is 20.2 Å². The molecule has 1 fully saturated rings.